The highest BCUT2D eigenvalue weighted by Crippen LogP contribution is 2.24. The van der Waals surface area contributed by atoms with Crippen LogP contribution in [0.5, 0.6) is 0 Å². The van der Waals surface area contributed by atoms with Crippen LogP contribution in [-0.4, -0.2) is 24.5 Å². The predicted octanol–water partition coefficient (Wildman–Crippen LogP) is 2.11. The molecule has 0 aliphatic carbocycles. The number of aromatic carboxylic acids is 1. The molecule has 2 aromatic rings. The van der Waals surface area contributed by atoms with Crippen molar-refractivity contribution in [2.45, 2.75) is 11.4 Å². The third-order valence-corrected chi connectivity index (χ3v) is 4.87. The van der Waals surface area contributed by atoms with Gasteiger partial charge in [-0.2, -0.15) is 0 Å². The Hall–Kier alpha value is -1.55. The first-order valence-electron chi connectivity index (χ1n) is 5.40. The third kappa shape index (κ3) is 3.56. The lowest BCUT2D eigenvalue weighted by molar-refractivity contribution is 0.0696. The van der Waals surface area contributed by atoms with E-state index in [1.54, 1.807) is 5.38 Å². The number of halogens is 2. The number of carbonyl (C=O) groups is 1. The molecule has 0 aliphatic heterocycles. The van der Waals surface area contributed by atoms with Gasteiger partial charge >= 0.3 is 5.97 Å². The summed E-state index contributed by atoms with van der Waals surface area (Å²) in [6.45, 7) is -0.0848. The average Bonchev–Trinajstić information content (AvgIpc) is 2.92. The SMILES string of the molecule is O=C(O)c1cc(S(=O)(=O)NCc2cscn2)cc(F)c1Cl. The van der Waals surface area contributed by atoms with E-state index in [2.05, 4.69) is 9.71 Å². The summed E-state index contributed by atoms with van der Waals surface area (Å²) >= 11 is 6.78. The van der Waals surface area contributed by atoms with Gasteiger partial charge in [-0.05, 0) is 12.1 Å². The number of carboxylic acid groups (broad SMARTS) is 1. The Morgan fingerprint density at radius 3 is 2.76 bits per heavy atom. The summed E-state index contributed by atoms with van der Waals surface area (Å²) in [5.41, 5.74) is 1.41. The van der Waals surface area contributed by atoms with E-state index in [-0.39, 0.29) is 6.54 Å². The van der Waals surface area contributed by atoms with Crippen LogP contribution in [0.25, 0.3) is 0 Å². The van der Waals surface area contributed by atoms with Crippen molar-refractivity contribution in [3.05, 3.63) is 45.1 Å². The number of nitrogens with zero attached hydrogens (tertiary/aromatic N) is 1. The standard InChI is InChI=1S/C11H8ClFN2O4S2/c12-10-8(11(16)17)1-7(2-9(10)13)21(18,19)15-3-6-4-20-5-14-6/h1-2,4-5,15H,3H2,(H,16,17). The summed E-state index contributed by atoms with van der Waals surface area (Å²) in [6, 6.07) is 1.47. The van der Waals surface area contributed by atoms with Gasteiger partial charge in [0.15, 0.2) is 0 Å². The van der Waals surface area contributed by atoms with E-state index in [4.69, 9.17) is 16.7 Å². The quantitative estimate of drug-likeness (QED) is 0.861. The Balaban J connectivity index is 2.33. The number of carboxylic acids is 1. The molecule has 0 bridgehead atoms. The molecule has 0 atom stereocenters. The maximum Gasteiger partial charge on any atom is 0.337 e. The number of thiazole rings is 1. The Morgan fingerprint density at radius 2 is 2.19 bits per heavy atom. The molecule has 21 heavy (non-hydrogen) atoms. The smallest absolute Gasteiger partial charge is 0.337 e. The maximum atomic E-state index is 13.5. The Bertz CT molecular complexity index is 778. The van der Waals surface area contributed by atoms with Gasteiger partial charge in [0, 0.05) is 5.38 Å². The molecule has 0 spiro atoms. The van der Waals surface area contributed by atoms with E-state index >= 15 is 0 Å². The van der Waals surface area contributed by atoms with Gasteiger partial charge in [0.25, 0.3) is 0 Å². The zero-order valence-electron chi connectivity index (χ0n) is 10.2. The fourth-order valence-electron chi connectivity index (χ4n) is 1.45. The highest BCUT2D eigenvalue weighted by Gasteiger charge is 2.21. The van der Waals surface area contributed by atoms with Crippen LogP contribution in [-0.2, 0) is 16.6 Å². The molecular weight excluding hydrogens is 343 g/mol. The van der Waals surface area contributed by atoms with Gasteiger partial charge in [-0.25, -0.2) is 27.3 Å². The van der Waals surface area contributed by atoms with Crippen LogP contribution in [0.3, 0.4) is 0 Å². The maximum absolute atomic E-state index is 13.5. The van der Waals surface area contributed by atoms with Crippen molar-refractivity contribution < 1.29 is 22.7 Å². The van der Waals surface area contributed by atoms with Gasteiger partial charge in [-0.15, -0.1) is 11.3 Å². The minimum absolute atomic E-state index is 0.0848. The van der Waals surface area contributed by atoms with Crippen molar-refractivity contribution in [3.63, 3.8) is 0 Å². The molecule has 1 aromatic heterocycles. The number of nitrogens with one attached hydrogen (secondary N) is 1. The number of aromatic nitrogens is 1. The molecule has 0 amide bonds. The van der Waals surface area contributed by atoms with E-state index in [9.17, 15) is 17.6 Å². The molecule has 1 heterocycles. The van der Waals surface area contributed by atoms with Crippen molar-refractivity contribution >= 4 is 38.9 Å². The number of sulfonamides is 1. The molecule has 0 unspecified atom stereocenters. The van der Waals surface area contributed by atoms with Crippen LogP contribution in [0.15, 0.2) is 27.9 Å². The molecular formula is C11H8ClFN2O4S2. The predicted molar refractivity (Wildman–Crippen MR) is 74.5 cm³/mol. The second-order valence-corrected chi connectivity index (χ2v) is 6.74. The molecule has 0 saturated carbocycles. The minimum Gasteiger partial charge on any atom is -0.478 e. The normalized spacial score (nSPS) is 11.5. The van der Waals surface area contributed by atoms with E-state index in [0.717, 1.165) is 6.07 Å². The first-order chi connectivity index (χ1) is 9.81. The highest BCUT2D eigenvalue weighted by atomic mass is 35.5. The molecule has 1 aromatic carbocycles. The Kier molecular flexibility index (Phi) is 4.57. The fourth-order valence-corrected chi connectivity index (χ4v) is 3.24. The van der Waals surface area contributed by atoms with Gasteiger partial charge in [0.2, 0.25) is 10.0 Å². The number of hydrogen-bond donors (Lipinski definition) is 2. The summed E-state index contributed by atoms with van der Waals surface area (Å²) in [4.78, 5) is 14.3. The molecule has 112 valence electrons. The van der Waals surface area contributed by atoms with Crippen molar-refractivity contribution in [2.24, 2.45) is 0 Å². The van der Waals surface area contributed by atoms with E-state index in [1.807, 2.05) is 0 Å². The Morgan fingerprint density at radius 1 is 1.48 bits per heavy atom. The summed E-state index contributed by atoms with van der Waals surface area (Å²) < 4.78 is 39.8. The van der Waals surface area contributed by atoms with E-state index < -0.39 is 37.3 Å². The van der Waals surface area contributed by atoms with Crippen LogP contribution in [0, 0.1) is 5.82 Å². The van der Waals surface area contributed by atoms with Crippen LogP contribution in [0.4, 0.5) is 4.39 Å². The molecule has 2 N–H and O–H groups in total. The zero-order valence-corrected chi connectivity index (χ0v) is 12.6. The average molecular weight is 351 g/mol. The molecule has 10 heteroatoms. The second-order valence-electron chi connectivity index (χ2n) is 3.88. The number of rotatable bonds is 5. The lowest BCUT2D eigenvalue weighted by Gasteiger charge is -2.08. The molecule has 0 radical (unpaired) electrons. The first-order valence-corrected chi connectivity index (χ1v) is 8.20. The van der Waals surface area contributed by atoms with Crippen molar-refractivity contribution in [1.82, 2.24) is 9.71 Å². The number of hydrogen-bond acceptors (Lipinski definition) is 5. The van der Waals surface area contributed by atoms with Crippen LogP contribution in [0.2, 0.25) is 5.02 Å². The fraction of sp³-hybridized carbons (Fsp3) is 0.0909. The molecule has 6 nitrogen and oxygen atoms in total. The molecule has 0 saturated heterocycles. The topological polar surface area (TPSA) is 96.4 Å². The summed E-state index contributed by atoms with van der Waals surface area (Å²) in [5, 5.41) is 9.89. The molecule has 0 fully saturated rings. The van der Waals surface area contributed by atoms with Crippen LogP contribution in [0.1, 0.15) is 16.1 Å². The van der Waals surface area contributed by atoms with Crippen LogP contribution < -0.4 is 4.72 Å². The van der Waals surface area contributed by atoms with Gasteiger partial charge in [-0.1, -0.05) is 11.6 Å². The van der Waals surface area contributed by atoms with Gasteiger partial charge in [0.1, 0.15) is 5.82 Å². The van der Waals surface area contributed by atoms with Gasteiger partial charge < -0.3 is 5.11 Å². The lowest BCUT2D eigenvalue weighted by atomic mass is 10.2. The van der Waals surface area contributed by atoms with Crippen molar-refractivity contribution in [2.75, 3.05) is 0 Å². The lowest BCUT2D eigenvalue weighted by Crippen LogP contribution is -2.24. The van der Waals surface area contributed by atoms with Gasteiger partial charge in [-0.3, -0.25) is 0 Å². The van der Waals surface area contributed by atoms with Crippen molar-refractivity contribution in [3.8, 4) is 0 Å². The molecule has 2 rings (SSSR count). The zero-order chi connectivity index (χ0) is 15.6. The largest absolute Gasteiger partial charge is 0.478 e. The molecule has 0 aliphatic rings. The Labute approximate surface area is 128 Å². The minimum atomic E-state index is -4.08. The van der Waals surface area contributed by atoms with E-state index in [1.165, 1.54) is 16.8 Å². The van der Waals surface area contributed by atoms with Crippen LogP contribution >= 0.6 is 22.9 Å². The van der Waals surface area contributed by atoms with Gasteiger partial charge in [0.05, 0.1) is 33.2 Å². The second kappa shape index (κ2) is 6.06. The first kappa shape index (κ1) is 15.8. The summed E-state index contributed by atoms with van der Waals surface area (Å²) in [7, 11) is -4.08. The van der Waals surface area contributed by atoms with E-state index in [0.29, 0.717) is 11.8 Å². The summed E-state index contributed by atoms with van der Waals surface area (Å²) in [6.07, 6.45) is 0. The third-order valence-electron chi connectivity index (χ3n) is 2.47. The van der Waals surface area contributed by atoms with Crippen molar-refractivity contribution in [1.29, 1.82) is 0 Å². The number of benzene rings is 1. The summed E-state index contributed by atoms with van der Waals surface area (Å²) in [5.74, 6) is -2.64. The monoisotopic (exact) mass is 350 g/mol. The highest BCUT2D eigenvalue weighted by molar-refractivity contribution is 7.89.